The Hall–Kier alpha value is -1.65. The highest BCUT2D eigenvalue weighted by Gasteiger charge is 2.12. The molecule has 0 aromatic heterocycles. The highest BCUT2D eigenvalue weighted by atomic mass is 16.1. The van der Waals surface area contributed by atoms with Crippen molar-refractivity contribution in [3.05, 3.63) is 12.8 Å². The molecule has 96 valence electrons. The molecule has 0 heterocycles. The Kier molecular flexibility index (Phi) is 8.64. The molecule has 0 spiro atoms. The SMILES string of the molecule is C=CNC(N=C)=NC1CCCCC1.CC(N)=O. The normalized spacial score (nSPS) is 16.4. The molecule has 0 unspecified atom stereocenters. The second kappa shape index (κ2) is 9.57. The van der Waals surface area contributed by atoms with Gasteiger partial charge in [-0.2, -0.15) is 0 Å². The highest BCUT2D eigenvalue weighted by Crippen LogP contribution is 2.20. The van der Waals surface area contributed by atoms with Gasteiger partial charge in [-0.1, -0.05) is 25.8 Å². The van der Waals surface area contributed by atoms with Gasteiger partial charge in [0.15, 0.2) is 0 Å². The fourth-order valence-electron chi connectivity index (χ4n) is 1.60. The topological polar surface area (TPSA) is 79.8 Å². The lowest BCUT2D eigenvalue weighted by Crippen LogP contribution is -2.19. The van der Waals surface area contributed by atoms with Gasteiger partial charge in [0.2, 0.25) is 11.9 Å². The molecule has 17 heavy (non-hydrogen) atoms. The Morgan fingerprint density at radius 3 is 2.35 bits per heavy atom. The quantitative estimate of drug-likeness (QED) is 0.566. The maximum absolute atomic E-state index is 9.22. The van der Waals surface area contributed by atoms with Crippen LogP contribution in [0.15, 0.2) is 22.8 Å². The predicted octanol–water partition coefficient (Wildman–Crippen LogP) is 1.60. The van der Waals surface area contributed by atoms with Crippen LogP contribution in [0.2, 0.25) is 0 Å². The third kappa shape index (κ3) is 9.29. The third-order valence-electron chi connectivity index (χ3n) is 2.26. The molecule has 1 amide bonds. The van der Waals surface area contributed by atoms with Gasteiger partial charge in [0.25, 0.3) is 0 Å². The summed E-state index contributed by atoms with van der Waals surface area (Å²) >= 11 is 0. The largest absolute Gasteiger partial charge is 0.370 e. The van der Waals surface area contributed by atoms with Crippen LogP contribution in [0.1, 0.15) is 39.0 Å². The zero-order valence-electron chi connectivity index (χ0n) is 10.5. The first-order valence-electron chi connectivity index (χ1n) is 5.78. The minimum Gasteiger partial charge on any atom is -0.370 e. The van der Waals surface area contributed by atoms with Crippen LogP contribution < -0.4 is 11.1 Å². The van der Waals surface area contributed by atoms with Crippen LogP contribution in [0.4, 0.5) is 0 Å². The molecule has 0 aliphatic heterocycles. The van der Waals surface area contributed by atoms with Crippen LogP contribution in [0.5, 0.6) is 0 Å². The molecule has 0 aromatic rings. The van der Waals surface area contributed by atoms with E-state index >= 15 is 0 Å². The second-order valence-corrected chi connectivity index (χ2v) is 3.86. The van der Waals surface area contributed by atoms with E-state index in [1.165, 1.54) is 39.0 Å². The number of aliphatic imine (C=N–C) groups is 2. The Labute approximate surface area is 103 Å². The summed E-state index contributed by atoms with van der Waals surface area (Å²) in [5.41, 5.74) is 4.47. The number of hydrogen-bond acceptors (Lipinski definition) is 2. The molecule has 0 saturated heterocycles. The van der Waals surface area contributed by atoms with Gasteiger partial charge in [-0.3, -0.25) is 4.79 Å². The van der Waals surface area contributed by atoms with E-state index in [1.54, 1.807) is 6.20 Å². The number of carbonyl (C=O) groups excluding carboxylic acids is 1. The molecular formula is C12H22N4O. The first kappa shape index (κ1) is 15.3. The minimum atomic E-state index is -0.333. The van der Waals surface area contributed by atoms with E-state index in [9.17, 15) is 4.79 Å². The minimum absolute atomic E-state index is 0.333. The van der Waals surface area contributed by atoms with Crippen LogP contribution in [0.25, 0.3) is 0 Å². The van der Waals surface area contributed by atoms with E-state index in [0.29, 0.717) is 12.0 Å². The molecule has 1 rings (SSSR count). The summed E-state index contributed by atoms with van der Waals surface area (Å²) in [6.45, 7) is 8.32. The zero-order chi connectivity index (χ0) is 13.1. The van der Waals surface area contributed by atoms with Gasteiger partial charge >= 0.3 is 0 Å². The number of guanidine groups is 1. The van der Waals surface area contributed by atoms with E-state index in [2.05, 4.69) is 34.3 Å². The van der Waals surface area contributed by atoms with Crippen molar-refractivity contribution < 1.29 is 4.79 Å². The molecule has 1 fully saturated rings. The van der Waals surface area contributed by atoms with E-state index < -0.39 is 0 Å². The molecule has 0 aromatic carbocycles. The molecule has 0 radical (unpaired) electrons. The van der Waals surface area contributed by atoms with Crippen molar-refractivity contribution in [1.29, 1.82) is 0 Å². The van der Waals surface area contributed by atoms with E-state index in [1.807, 2.05) is 0 Å². The lowest BCUT2D eigenvalue weighted by atomic mass is 9.96. The number of rotatable bonds is 2. The van der Waals surface area contributed by atoms with Gasteiger partial charge in [-0.15, -0.1) is 0 Å². The van der Waals surface area contributed by atoms with Gasteiger partial charge in [0.1, 0.15) is 0 Å². The lowest BCUT2D eigenvalue weighted by molar-refractivity contribution is -0.115. The summed E-state index contributed by atoms with van der Waals surface area (Å²) in [7, 11) is 0. The second-order valence-electron chi connectivity index (χ2n) is 3.86. The van der Waals surface area contributed by atoms with Crippen molar-refractivity contribution in [1.82, 2.24) is 5.32 Å². The maximum Gasteiger partial charge on any atom is 0.221 e. The van der Waals surface area contributed by atoms with Gasteiger partial charge < -0.3 is 11.1 Å². The summed E-state index contributed by atoms with van der Waals surface area (Å²) in [5.74, 6) is 0.266. The van der Waals surface area contributed by atoms with Gasteiger partial charge in [0, 0.05) is 6.92 Å². The Balaban J connectivity index is 0.000000557. The number of nitrogens with two attached hydrogens (primary N) is 1. The molecular weight excluding hydrogens is 216 g/mol. The molecule has 5 heteroatoms. The standard InChI is InChI=1S/C10H17N3.C2H5NO/c1-3-12-10(11-2)13-9-7-5-4-6-8-9;1-2(3)4/h3,9H,1-2,4-8H2,(H,12,13);1H3,(H2,3,4). The summed E-state index contributed by atoms with van der Waals surface area (Å²) in [6, 6.07) is 0.432. The monoisotopic (exact) mass is 238 g/mol. The summed E-state index contributed by atoms with van der Waals surface area (Å²) < 4.78 is 0. The van der Waals surface area contributed by atoms with E-state index in [0.717, 1.165) is 0 Å². The Bertz CT molecular complexity index is 276. The van der Waals surface area contributed by atoms with Crippen molar-refractivity contribution in [2.24, 2.45) is 15.7 Å². The number of carbonyl (C=O) groups is 1. The maximum atomic E-state index is 9.22. The zero-order valence-corrected chi connectivity index (χ0v) is 10.5. The number of nitrogens with one attached hydrogen (secondary N) is 1. The number of primary amides is 1. The molecule has 0 atom stereocenters. The Morgan fingerprint density at radius 2 is 1.94 bits per heavy atom. The average Bonchev–Trinajstić information content (AvgIpc) is 2.29. The predicted molar refractivity (Wildman–Crippen MR) is 72.1 cm³/mol. The van der Waals surface area contributed by atoms with Crippen molar-refractivity contribution in [2.75, 3.05) is 0 Å². The number of nitrogens with zero attached hydrogens (tertiary/aromatic N) is 2. The van der Waals surface area contributed by atoms with Crippen LogP contribution in [0.3, 0.4) is 0 Å². The van der Waals surface area contributed by atoms with Gasteiger partial charge in [0.05, 0.1) is 6.04 Å². The van der Waals surface area contributed by atoms with Crippen molar-refractivity contribution in [2.45, 2.75) is 45.1 Å². The molecule has 1 saturated carbocycles. The van der Waals surface area contributed by atoms with Crippen molar-refractivity contribution in [3.63, 3.8) is 0 Å². The summed E-state index contributed by atoms with van der Waals surface area (Å²) in [5, 5.41) is 2.86. The van der Waals surface area contributed by atoms with Crippen molar-refractivity contribution >= 4 is 18.6 Å². The first-order valence-corrected chi connectivity index (χ1v) is 5.78. The van der Waals surface area contributed by atoms with E-state index in [-0.39, 0.29) is 5.91 Å². The first-order chi connectivity index (χ1) is 8.10. The highest BCUT2D eigenvalue weighted by molar-refractivity contribution is 5.84. The molecule has 1 aliphatic carbocycles. The summed E-state index contributed by atoms with van der Waals surface area (Å²) in [6.07, 6.45) is 7.85. The van der Waals surface area contributed by atoms with Crippen LogP contribution in [-0.2, 0) is 4.79 Å². The molecule has 0 bridgehead atoms. The van der Waals surface area contributed by atoms with Crippen molar-refractivity contribution in [3.8, 4) is 0 Å². The van der Waals surface area contributed by atoms with Crippen LogP contribution in [0, 0.1) is 0 Å². The third-order valence-corrected chi connectivity index (χ3v) is 2.26. The lowest BCUT2D eigenvalue weighted by Gasteiger charge is -2.17. The summed E-state index contributed by atoms with van der Waals surface area (Å²) in [4.78, 5) is 17.5. The number of amides is 1. The van der Waals surface area contributed by atoms with E-state index in [4.69, 9.17) is 0 Å². The van der Waals surface area contributed by atoms with Crippen LogP contribution >= 0.6 is 0 Å². The fourth-order valence-corrected chi connectivity index (χ4v) is 1.60. The van der Waals surface area contributed by atoms with Gasteiger partial charge in [-0.25, -0.2) is 9.98 Å². The molecule has 5 nitrogen and oxygen atoms in total. The fraction of sp³-hybridized carbons (Fsp3) is 0.583. The van der Waals surface area contributed by atoms with Gasteiger partial charge in [-0.05, 0) is 25.8 Å². The average molecular weight is 238 g/mol. The van der Waals surface area contributed by atoms with Crippen LogP contribution in [-0.4, -0.2) is 24.6 Å². The number of hydrogen-bond donors (Lipinski definition) is 2. The Morgan fingerprint density at radius 1 is 1.41 bits per heavy atom. The molecule has 3 N–H and O–H groups in total. The molecule has 1 aliphatic rings. The smallest absolute Gasteiger partial charge is 0.221 e.